The summed E-state index contributed by atoms with van der Waals surface area (Å²) in [6.07, 6.45) is 4.59. The van der Waals surface area contributed by atoms with E-state index in [1.807, 2.05) is 38.1 Å². The average Bonchev–Trinajstić information content (AvgIpc) is 3.37. The maximum atomic E-state index is 11.8. The van der Waals surface area contributed by atoms with Crippen LogP contribution in [0.1, 0.15) is 44.4 Å². The molecule has 2 aromatic rings. The van der Waals surface area contributed by atoms with Crippen LogP contribution in [0.15, 0.2) is 46.8 Å². The molecule has 1 amide bonds. The molecule has 7 heteroatoms. The minimum absolute atomic E-state index is 0.133. The molecule has 0 spiro atoms. The van der Waals surface area contributed by atoms with Crippen LogP contribution in [0.2, 0.25) is 0 Å². The van der Waals surface area contributed by atoms with Gasteiger partial charge < -0.3 is 20.7 Å². The molecule has 0 saturated heterocycles. The third kappa shape index (κ3) is 8.45. The summed E-state index contributed by atoms with van der Waals surface area (Å²) in [7, 11) is 0. The number of hydrogen-bond acceptors (Lipinski definition) is 4. The molecule has 0 unspecified atom stereocenters. The quantitative estimate of drug-likeness (QED) is 0.285. The van der Waals surface area contributed by atoms with Crippen molar-refractivity contribution in [1.29, 1.82) is 0 Å². The molecule has 0 bridgehead atoms. The Morgan fingerprint density at radius 3 is 2.70 bits per heavy atom. The highest BCUT2D eigenvalue weighted by Gasteiger charge is 2.22. The normalized spacial score (nSPS) is 13.9. The van der Waals surface area contributed by atoms with Gasteiger partial charge in [0.2, 0.25) is 5.91 Å². The molecular weight excluding hydrogens is 396 g/mol. The van der Waals surface area contributed by atoms with E-state index in [1.54, 1.807) is 11.3 Å². The van der Waals surface area contributed by atoms with E-state index in [-0.39, 0.29) is 12.0 Å². The van der Waals surface area contributed by atoms with Gasteiger partial charge in [0.1, 0.15) is 5.75 Å². The predicted molar refractivity (Wildman–Crippen MR) is 125 cm³/mol. The van der Waals surface area contributed by atoms with E-state index < -0.39 is 0 Å². The van der Waals surface area contributed by atoms with Gasteiger partial charge in [-0.2, -0.15) is 0 Å². The molecule has 1 aromatic heterocycles. The number of nitrogens with zero attached hydrogens (tertiary/aromatic N) is 1. The van der Waals surface area contributed by atoms with Gasteiger partial charge in [-0.15, -0.1) is 11.3 Å². The summed E-state index contributed by atoms with van der Waals surface area (Å²) in [5.74, 6) is 1.71. The molecule has 1 saturated carbocycles. The van der Waals surface area contributed by atoms with Crippen LogP contribution < -0.4 is 20.7 Å². The van der Waals surface area contributed by atoms with Crippen molar-refractivity contribution in [2.24, 2.45) is 4.99 Å². The Labute approximate surface area is 183 Å². The second kappa shape index (κ2) is 11.6. The molecular formula is C23H32N4O2S. The van der Waals surface area contributed by atoms with Gasteiger partial charge in [-0.25, -0.2) is 0 Å². The summed E-state index contributed by atoms with van der Waals surface area (Å²) < 4.78 is 5.70. The van der Waals surface area contributed by atoms with Gasteiger partial charge in [-0.3, -0.25) is 9.79 Å². The molecule has 1 heterocycles. The lowest BCUT2D eigenvalue weighted by Gasteiger charge is -2.14. The highest BCUT2D eigenvalue weighted by atomic mass is 32.1. The number of anilines is 1. The number of guanidine groups is 1. The molecule has 1 aliphatic rings. The zero-order valence-electron chi connectivity index (χ0n) is 17.8. The van der Waals surface area contributed by atoms with Crippen LogP contribution in [-0.4, -0.2) is 37.1 Å². The largest absolute Gasteiger partial charge is 0.491 e. The lowest BCUT2D eigenvalue weighted by atomic mass is 10.3. The minimum atomic E-state index is 0.133. The number of thiophene rings is 1. The van der Waals surface area contributed by atoms with Crippen LogP contribution in [-0.2, 0) is 11.2 Å². The predicted octanol–water partition coefficient (Wildman–Crippen LogP) is 4.19. The van der Waals surface area contributed by atoms with Crippen molar-refractivity contribution in [1.82, 2.24) is 10.6 Å². The van der Waals surface area contributed by atoms with Gasteiger partial charge in [-0.1, -0.05) is 6.07 Å². The second-order valence-electron chi connectivity index (χ2n) is 7.75. The van der Waals surface area contributed by atoms with Crippen LogP contribution >= 0.6 is 11.3 Å². The summed E-state index contributed by atoms with van der Waals surface area (Å²) in [4.78, 5) is 17.8. The van der Waals surface area contributed by atoms with Crippen LogP contribution in [0.5, 0.6) is 5.75 Å². The Bertz CT molecular complexity index is 799. The molecule has 3 rings (SSSR count). The fraction of sp³-hybridized carbons (Fsp3) is 0.478. The fourth-order valence-electron chi connectivity index (χ4n) is 2.88. The van der Waals surface area contributed by atoms with Crippen molar-refractivity contribution >= 4 is 28.9 Å². The highest BCUT2D eigenvalue weighted by molar-refractivity contribution is 7.09. The van der Waals surface area contributed by atoms with E-state index in [0.717, 1.165) is 49.6 Å². The number of carbonyl (C=O) groups excluding carboxylic acids is 1. The maximum Gasteiger partial charge on any atom is 0.220 e. The summed E-state index contributed by atoms with van der Waals surface area (Å²) >= 11 is 1.76. The van der Waals surface area contributed by atoms with E-state index >= 15 is 0 Å². The number of benzene rings is 1. The van der Waals surface area contributed by atoms with E-state index in [9.17, 15) is 4.79 Å². The number of carbonyl (C=O) groups is 1. The molecule has 1 fully saturated rings. The Hall–Kier alpha value is -2.54. The Morgan fingerprint density at radius 1 is 1.23 bits per heavy atom. The molecule has 1 aromatic carbocycles. The minimum Gasteiger partial charge on any atom is -0.491 e. The topological polar surface area (TPSA) is 74.8 Å². The van der Waals surface area contributed by atoms with Crippen LogP contribution in [0.3, 0.4) is 0 Å². The standard InChI is InChI=1S/C23H32N4O2S/c1-17(2)29-20-11-9-19(10-12-20)27-23(25-15-13-21-5-4-16-30-21)24-14-3-6-22(28)26-18-7-8-18/h4-5,9-12,16-18H,3,6-8,13-15H2,1-2H3,(H,26,28)(H2,24,25,27). The number of aliphatic imine (C=N–C) groups is 1. The lowest BCUT2D eigenvalue weighted by Crippen LogP contribution is -2.32. The van der Waals surface area contributed by atoms with E-state index in [0.29, 0.717) is 19.0 Å². The monoisotopic (exact) mass is 428 g/mol. The van der Waals surface area contributed by atoms with Crippen molar-refractivity contribution in [3.63, 3.8) is 0 Å². The van der Waals surface area contributed by atoms with E-state index in [4.69, 9.17) is 4.74 Å². The van der Waals surface area contributed by atoms with Crippen LogP contribution in [0.4, 0.5) is 5.69 Å². The van der Waals surface area contributed by atoms with Gasteiger partial charge in [0.05, 0.1) is 6.10 Å². The summed E-state index contributed by atoms with van der Waals surface area (Å²) in [5, 5.41) is 11.9. The molecule has 0 atom stereocenters. The first-order chi connectivity index (χ1) is 14.6. The summed E-state index contributed by atoms with van der Waals surface area (Å²) in [6, 6.07) is 12.5. The summed E-state index contributed by atoms with van der Waals surface area (Å²) in [5.41, 5.74) is 0.944. The van der Waals surface area contributed by atoms with Crippen molar-refractivity contribution in [2.45, 2.75) is 58.1 Å². The third-order valence-electron chi connectivity index (χ3n) is 4.51. The third-order valence-corrected chi connectivity index (χ3v) is 5.44. The lowest BCUT2D eigenvalue weighted by molar-refractivity contribution is -0.121. The first kappa shape index (κ1) is 22.2. The Balaban J connectivity index is 1.51. The zero-order chi connectivity index (χ0) is 21.2. The number of hydrogen-bond donors (Lipinski definition) is 3. The van der Waals surface area contributed by atoms with Crippen LogP contribution in [0, 0.1) is 0 Å². The van der Waals surface area contributed by atoms with Gasteiger partial charge >= 0.3 is 0 Å². The molecule has 30 heavy (non-hydrogen) atoms. The van der Waals surface area contributed by atoms with Crippen molar-refractivity contribution < 1.29 is 9.53 Å². The average molecular weight is 429 g/mol. The first-order valence-electron chi connectivity index (χ1n) is 10.7. The number of amides is 1. The Morgan fingerprint density at radius 2 is 2.03 bits per heavy atom. The maximum absolute atomic E-state index is 11.8. The Kier molecular flexibility index (Phi) is 8.56. The number of nitrogens with one attached hydrogen (secondary N) is 3. The van der Waals surface area contributed by atoms with Crippen molar-refractivity contribution in [3.8, 4) is 5.75 Å². The zero-order valence-corrected chi connectivity index (χ0v) is 18.6. The molecule has 162 valence electrons. The van der Waals surface area contributed by atoms with Crippen molar-refractivity contribution in [3.05, 3.63) is 46.7 Å². The number of rotatable bonds is 11. The van der Waals surface area contributed by atoms with Crippen molar-refractivity contribution in [2.75, 3.05) is 18.4 Å². The van der Waals surface area contributed by atoms with Gasteiger partial charge in [0, 0.05) is 36.1 Å². The number of ether oxygens (including phenoxy) is 1. The molecule has 0 aliphatic heterocycles. The SMILES string of the molecule is CC(C)Oc1ccc(NC(=NCCCC(=O)NC2CC2)NCCc2cccs2)cc1. The molecule has 0 radical (unpaired) electrons. The fourth-order valence-corrected chi connectivity index (χ4v) is 3.59. The molecule has 1 aliphatic carbocycles. The van der Waals surface area contributed by atoms with Gasteiger partial charge in [0.25, 0.3) is 0 Å². The second-order valence-corrected chi connectivity index (χ2v) is 8.78. The summed E-state index contributed by atoms with van der Waals surface area (Å²) in [6.45, 7) is 5.42. The molecule has 3 N–H and O–H groups in total. The molecule has 6 nitrogen and oxygen atoms in total. The highest BCUT2D eigenvalue weighted by Crippen LogP contribution is 2.19. The van der Waals surface area contributed by atoms with E-state index in [1.165, 1.54) is 4.88 Å². The van der Waals surface area contributed by atoms with Gasteiger partial charge in [0.15, 0.2) is 5.96 Å². The van der Waals surface area contributed by atoms with Gasteiger partial charge in [-0.05, 0) is 75.2 Å². The van der Waals surface area contributed by atoms with E-state index in [2.05, 4.69) is 38.5 Å². The smallest absolute Gasteiger partial charge is 0.220 e. The van der Waals surface area contributed by atoms with Crippen LogP contribution in [0.25, 0.3) is 0 Å². The first-order valence-corrected chi connectivity index (χ1v) is 11.6.